The second-order valence-corrected chi connectivity index (χ2v) is 3.91. The van der Waals surface area contributed by atoms with Crippen LogP contribution in [0, 0.1) is 0 Å². The first kappa shape index (κ1) is 9.34. The Morgan fingerprint density at radius 2 is 1.86 bits per heavy atom. The average molecular weight is 251 g/mol. The van der Waals surface area contributed by atoms with E-state index in [1.165, 1.54) is 5.69 Å². The summed E-state index contributed by atoms with van der Waals surface area (Å²) >= 11 is 3.38. The number of aromatic nitrogens is 1. The summed E-state index contributed by atoms with van der Waals surface area (Å²) in [6.07, 6.45) is 0. The molecule has 2 rings (SSSR count). The summed E-state index contributed by atoms with van der Waals surface area (Å²) in [5.74, 6) is 0. The van der Waals surface area contributed by atoms with Crippen molar-refractivity contribution in [2.45, 2.75) is 6.54 Å². The predicted molar refractivity (Wildman–Crippen MR) is 62.3 cm³/mol. The number of benzene rings is 1. The molecule has 14 heavy (non-hydrogen) atoms. The minimum Gasteiger partial charge on any atom is -0.379 e. The first-order chi connectivity index (χ1) is 6.84. The molecule has 2 N–H and O–H groups in total. The number of rotatable bonds is 3. The molecular formula is C11H11BrN2. The topological polar surface area (TPSA) is 27.8 Å². The van der Waals surface area contributed by atoms with E-state index in [-0.39, 0.29) is 0 Å². The van der Waals surface area contributed by atoms with Gasteiger partial charge in [-0.05, 0) is 40.2 Å². The van der Waals surface area contributed by atoms with Crippen LogP contribution in [0.4, 0.5) is 5.69 Å². The first-order valence-corrected chi connectivity index (χ1v) is 5.26. The largest absolute Gasteiger partial charge is 0.379 e. The van der Waals surface area contributed by atoms with Gasteiger partial charge in [-0.15, -0.1) is 0 Å². The van der Waals surface area contributed by atoms with Gasteiger partial charge >= 0.3 is 0 Å². The molecule has 1 aromatic carbocycles. The van der Waals surface area contributed by atoms with Crippen molar-refractivity contribution in [3.05, 3.63) is 52.8 Å². The minimum absolute atomic E-state index is 0.815. The Hall–Kier alpha value is -1.22. The van der Waals surface area contributed by atoms with Crippen molar-refractivity contribution in [3.63, 3.8) is 0 Å². The molecular weight excluding hydrogens is 240 g/mol. The molecule has 1 aromatic heterocycles. The lowest BCUT2D eigenvalue weighted by Gasteiger charge is -2.03. The molecule has 2 nitrogen and oxygen atoms in total. The number of para-hydroxylation sites is 1. The normalized spacial score (nSPS) is 10.1. The molecule has 0 bridgehead atoms. The molecule has 3 heteroatoms. The van der Waals surface area contributed by atoms with Crippen LogP contribution in [-0.2, 0) is 6.54 Å². The lowest BCUT2D eigenvalue weighted by atomic mass is 10.3. The van der Waals surface area contributed by atoms with Gasteiger partial charge in [0.05, 0.1) is 11.1 Å². The SMILES string of the molecule is Brc1ccc(CNc2ccccc2)[nH]1. The van der Waals surface area contributed by atoms with Crippen LogP contribution < -0.4 is 5.32 Å². The summed E-state index contributed by atoms with van der Waals surface area (Å²) in [4.78, 5) is 3.20. The van der Waals surface area contributed by atoms with E-state index >= 15 is 0 Å². The Bertz CT molecular complexity index is 395. The Kier molecular flexibility index (Phi) is 2.89. The van der Waals surface area contributed by atoms with Crippen molar-refractivity contribution >= 4 is 21.6 Å². The van der Waals surface area contributed by atoms with Crippen LogP contribution in [0.15, 0.2) is 47.1 Å². The number of H-pyrrole nitrogens is 1. The molecule has 72 valence electrons. The maximum absolute atomic E-state index is 3.38. The molecule has 0 saturated heterocycles. The van der Waals surface area contributed by atoms with Crippen LogP contribution >= 0.6 is 15.9 Å². The minimum atomic E-state index is 0.815. The van der Waals surface area contributed by atoms with E-state index < -0.39 is 0 Å². The third kappa shape index (κ3) is 2.39. The summed E-state index contributed by atoms with van der Waals surface area (Å²) < 4.78 is 1.02. The molecule has 0 fully saturated rings. The van der Waals surface area contributed by atoms with E-state index in [9.17, 15) is 0 Å². The van der Waals surface area contributed by atoms with Gasteiger partial charge in [-0.2, -0.15) is 0 Å². The second-order valence-electron chi connectivity index (χ2n) is 3.05. The van der Waals surface area contributed by atoms with E-state index in [0.717, 1.165) is 16.8 Å². The zero-order chi connectivity index (χ0) is 9.80. The molecule has 2 aromatic rings. The number of anilines is 1. The average Bonchev–Trinajstić information content (AvgIpc) is 2.63. The van der Waals surface area contributed by atoms with Crippen LogP contribution in [-0.4, -0.2) is 4.98 Å². The fraction of sp³-hybridized carbons (Fsp3) is 0.0909. The molecule has 0 saturated carbocycles. The highest BCUT2D eigenvalue weighted by atomic mass is 79.9. The van der Waals surface area contributed by atoms with Gasteiger partial charge in [0, 0.05) is 11.4 Å². The second kappa shape index (κ2) is 4.33. The Morgan fingerprint density at radius 1 is 1.07 bits per heavy atom. The van der Waals surface area contributed by atoms with E-state index in [2.05, 4.69) is 44.4 Å². The van der Waals surface area contributed by atoms with E-state index in [4.69, 9.17) is 0 Å². The van der Waals surface area contributed by atoms with Crippen molar-refractivity contribution in [1.82, 2.24) is 4.98 Å². The summed E-state index contributed by atoms with van der Waals surface area (Å²) in [7, 11) is 0. The Labute approximate surface area is 91.5 Å². The molecule has 0 aliphatic heterocycles. The van der Waals surface area contributed by atoms with Gasteiger partial charge in [0.1, 0.15) is 0 Å². The van der Waals surface area contributed by atoms with Crippen molar-refractivity contribution in [2.24, 2.45) is 0 Å². The van der Waals surface area contributed by atoms with Crippen molar-refractivity contribution in [2.75, 3.05) is 5.32 Å². The number of hydrogen-bond donors (Lipinski definition) is 2. The molecule has 0 radical (unpaired) electrons. The van der Waals surface area contributed by atoms with Gasteiger partial charge in [-0.1, -0.05) is 18.2 Å². The van der Waals surface area contributed by atoms with E-state index in [1.807, 2.05) is 24.3 Å². The number of halogens is 1. The summed E-state index contributed by atoms with van der Waals surface area (Å²) in [6, 6.07) is 14.2. The third-order valence-corrected chi connectivity index (χ3v) is 2.43. The highest BCUT2D eigenvalue weighted by molar-refractivity contribution is 9.10. The van der Waals surface area contributed by atoms with Gasteiger partial charge in [0.2, 0.25) is 0 Å². The van der Waals surface area contributed by atoms with Crippen LogP contribution in [0.3, 0.4) is 0 Å². The maximum Gasteiger partial charge on any atom is 0.0822 e. The van der Waals surface area contributed by atoms with Gasteiger partial charge < -0.3 is 10.3 Å². The summed E-state index contributed by atoms with van der Waals surface area (Å²) in [5, 5.41) is 3.32. The van der Waals surface area contributed by atoms with Gasteiger partial charge in [-0.3, -0.25) is 0 Å². The molecule has 0 amide bonds. The fourth-order valence-corrected chi connectivity index (χ4v) is 1.65. The quantitative estimate of drug-likeness (QED) is 0.859. The summed E-state index contributed by atoms with van der Waals surface area (Å²) in [6.45, 7) is 0.815. The lowest BCUT2D eigenvalue weighted by Crippen LogP contribution is -1.98. The molecule has 0 atom stereocenters. The summed E-state index contributed by atoms with van der Waals surface area (Å²) in [5.41, 5.74) is 2.30. The zero-order valence-corrected chi connectivity index (χ0v) is 9.21. The number of hydrogen-bond acceptors (Lipinski definition) is 1. The third-order valence-electron chi connectivity index (χ3n) is 1.97. The van der Waals surface area contributed by atoms with Crippen molar-refractivity contribution < 1.29 is 0 Å². The van der Waals surface area contributed by atoms with E-state index in [0.29, 0.717) is 0 Å². The van der Waals surface area contributed by atoms with Crippen LogP contribution in [0.1, 0.15) is 5.69 Å². The number of nitrogens with one attached hydrogen (secondary N) is 2. The Balaban J connectivity index is 1.95. The van der Waals surface area contributed by atoms with Crippen LogP contribution in [0.2, 0.25) is 0 Å². The Morgan fingerprint density at radius 3 is 2.50 bits per heavy atom. The smallest absolute Gasteiger partial charge is 0.0822 e. The van der Waals surface area contributed by atoms with Gasteiger partial charge in [-0.25, -0.2) is 0 Å². The van der Waals surface area contributed by atoms with Crippen molar-refractivity contribution in [3.8, 4) is 0 Å². The molecule has 0 aliphatic rings. The van der Waals surface area contributed by atoms with E-state index in [1.54, 1.807) is 0 Å². The van der Waals surface area contributed by atoms with Gasteiger partial charge in [0.25, 0.3) is 0 Å². The maximum atomic E-state index is 3.38. The van der Waals surface area contributed by atoms with Gasteiger partial charge in [0.15, 0.2) is 0 Å². The zero-order valence-electron chi connectivity index (χ0n) is 7.63. The monoisotopic (exact) mass is 250 g/mol. The predicted octanol–water partition coefficient (Wildman–Crippen LogP) is 3.39. The fourth-order valence-electron chi connectivity index (χ4n) is 1.27. The van der Waals surface area contributed by atoms with Crippen LogP contribution in [0.25, 0.3) is 0 Å². The van der Waals surface area contributed by atoms with Crippen molar-refractivity contribution in [1.29, 1.82) is 0 Å². The lowest BCUT2D eigenvalue weighted by molar-refractivity contribution is 1.07. The molecule has 0 spiro atoms. The molecule has 0 aliphatic carbocycles. The molecule has 1 heterocycles. The molecule has 0 unspecified atom stereocenters. The number of aromatic amines is 1. The first-order valence-electron chi connectivity index (χ1n) is 4.47. The highest BCUT2D eigenvalue weighted by Gasteiger charge is 1.95. The standard InChI is InChI=1S/C11H11BrN2/c12-11-7-6-10(14-11)8-13-9-4-2-1-3-5-9/h1-7,13-14H,8H2. The highest BCUT2D eigenvalue weighted by Crippen LogP contribution is 2.11. The van der Waals surface area contributed by atoms with Crippen LogP contribution in [0.5, 0.6) is 0 Å².